The van der Waals surface area contributed by atoms with Crippen molar-refractivity contribution in [3.8, 4) is 11.3 Å². The second-order valence-corrected chi connectivity index (χ2v) is 7.04. The number of rotatable bonds is 4. The average molecular weight is 408 g/mol. The molecule has 0 aliphatic heterocycles. The second-order valence-electron chi connectivity index (χ2n) is 4.86. The molecule has 0 aliphatic rings. The lowest BCUT2D eigenvalue weighted by atomic mass is 10.1. The molecule has 0 aliphatic carbocycles. The van der Waals surface area contributed by atoms with Crippen LogP contribution in [0.5, 0.6) is 0 Å². The number of nitrogens with zero attached hydrogens (tertiary/aromatic N) is 1. The fourth-order valence-electron chi connectivity index (χ4n) is 2.06. The molecule has 6 heteroatoms. The molecule has 116 valence electrons. The molecule has 3 rings (SSSR count). The summed E-state index contributed by atoms with van der Waals surface area (Å²) in [6.07, 6.45) is 0.229. The van der Waals surface area contributed by atoms with Gasteiger partial charge < -0.3 is 5.32 Å². The molecule has 1 aromatic heterocycles. The predicted molar refractivity (Wildman–Crippen MR) is 99.0 cm³/mol. The summed E-state index contributed by atoms with van der Waals surface area (Å²) >= 11 is 10.9. The number of hydrogen-bond acceptors (Lipinski definition) is 3. The van der Waals surface area contributed by atoms with E-state index in [1.807, 2.05) is 47.8 Å². The van der Waals surface area contributed by atoms with Crippen LogP contribution in [0.15, 0.2) is 58.4 Å². The van der Waals surface area contributed by atoms with Crippen LogP contribution in [0.2, 0.25) is 5.02 Å². The van der Waals surface area contributed by atoms with E-state index in [4.69, 9.17) is 11.6 Å². The van der Waals surface area contributed by atoms with Gasteiger partial charge in [-0.3, -0.25) is 4.79 Å². The van der Waals surface area contributed by atoms with Gasteiger partial charge in [-0.1, -0.05) is 57.9 Å². The van der Waals surface area contributed by atoms with Crippen molar-refractivity contribution in [2.45, 2.75) is 6.42 Å². The summed E-state index contributed by atoms with van der Waals surface area (Å²) in [5, 5.41) is 5.92. The third-order valence-electron chi connectivity index (χ3n) is 3.20. The molecular weight excluding hydrogens is 396 g/mol. The van der Waals surface area contributed by atoms with Gasteiger partial charge in [-0.2, -0.15) is 0 Å². The first-order chi connectivity index (χ1) is 11.1. The van der Waals surface area contributed by atoms with E-state index >= 15 is 0 Å². The molecular formula is C17H12BrClN2OS. The summed E-state index contributed by atoms with van der Waals surface area (Å²) in [5.41, 5.74) is 2.66. The minimum Gasteiger partial charge on any atom is -0.302 e. The molecule has 3 nitrogen and oxygen atoms in total. The summed E-state index contributed by atoms with van der Waals surface area (Å²) in [6.45, 7) is 0. The van der Waals surface area contributed by atoms with Gasteiger partial charge in [0.2, 0.25) is 5.91 Å². The first-order valence-electron chi connectivity index (χ1n) is 6.86. The molecule has 0 spiro atoms. The molecule has 1 N–H and O–H groups in total. The molecule has 0 bridgehead atoms. The standard InChI is InChI=1S/C17H12BrClN2OS/c18-13-7-5-11(6-8-13)15-10-23-17(20-15)21-16(22)9-12-3-1-2-4-14(12)19/h1-8,10H,9H2,(H,20,21,22). The van der Waals surface area contributed by atoms with Crippen LogP contribution < -0.4 is 5.32 Å². The van der Waals surface area contributed by atoms with Gasteiger partial charge in [0.15, 0.2) is 5.13 Å². The lowest BCUT2D eigenvalue weighted by molar-refractivity contribution is -0.115. The van der Waals surface area contributed by atoms with Gasteiger partial charge in [0, 0.05) is 20.4 Å². The van der Waals surface area contributed by atoms with E-state index in [1.54, 1.807) is 6.07 Å². The smallest absolute Gasteiger partial charge is 0.230 e. The summed E-state index contributed by atoms with van der Waals surface area (Å²) in [5.74, 6) is -0.130. The van der Waals surface area contributed by atoms with Gasteiger partial charge in [-0.25, -0.2) is 4.98 Å². The number of benzene rings is 2. The summed E-state index contributed by atoms with van der Waals surface area (Å²) in [6, 6.07) is 15.2. The molecule has 1 amide bonds. The van der Waals surface area contributed by atoms with Crippen LogP contribution in [0.1, 0.15) is 5.56 Å². The fourth-order valence-corrected chi connectivity index (χ4v) is 3.27. The SMILES string of the molecule is O=C(Cc1ccccc1Cl)Nc1nc(-c2ccc(Br)cc2)cs1. The Hall–Kier alpha value is -1.69. The van der Waals surface area contributed by atoms with Crippen molar-refractivity contribution in [3.63, 3.8) is 0 Å². The molecule has 0 radical (unpaired) electrons. The number of aromatic nitrogens is 1. The van der Waals surface area contributed by atoms with Crippen LogP contribution in [0.25, 0.3) is 11.3 Å². The van der Waals surface area contributed by atoms with Crippen molar-refractivity contribution >= 4 is 49.9 Å². The van der Waals surface area contributed by atoms with Crippen LogP contribution in [-0.4, -0.2) is 10.9 Å². The number of amides is 1. The Labute approximate surface area is 151 Å². The van der Waals surface area contributed by atoms with Gasteiger partial charge in [-0.15, -0.1) is 11.3 Å². The Kier molecular flexibility index (Phi) is 5.10. The average Bonchev–Trinajstić information content (AvgIpc) is 2.98. The quantitative estimate of drug-likeness (QED) is 0.628. The zero-order chi connectivity index (χ0) is 16.2. The molecule has 3 aromatic rings. The van der Waals surface area contributed by atoms with E-state index in [0.29, 0.717) is 10.2 Å². The number of halogens is 2. The van der Waals surface area contributed by atoms with Crippen molar-refractivity contribution in [1.82, 2.24) is 4.98 Å². The van der Waals surface area contributed by atoms with Gasteiger partial charge in [0.25, 0.3) is 0 Å². The first kappa shape index (κ1) is 16.2. The number of anilines is 1. The maximum atomic E-state index is 12.1. The normalized spacial score (nSPS) is 10.5. The number of thiazole rings is 1. The molecule has 2 aromatic carbocycles. The van der Waals surface area contributed by atoms with E-state index < -0.39 is 0 Å². The van der Waals surface area contributed by atoms with Gasteiger partial charge in [0.1, 0.15) is 0 Å². The van der Waals surface area contributed by atoms with E-state index in [0.717, 1.165) is 21.3 Å². The number of carbonyl (C=O) groups is 1. The highest BCUT2D eigenvalue weighted by Crippen LogP contribution is 2.26. The monoisotopic (exact) mass is 406 g/mol. The molecule has 0 fully saturated rings. The van der Waals surface area contributed by atoms with Crippen LogP contribution >= 0.6 is 38.9 Å². The second kappa shape index (κ2) is 7.25. The Morgan fingerprint density at radius 3 is 2.65 bits per heavy atom. The van der Waals surface area contributed by atoms with E-state index in [1.165, 1.54) is 11.3 Å². The Bertz CT molecular complexity index is 833. The first-order valence-corrected chi connectivity index (χ1v) is 8.91. The maximum absolute atomic E-state index is 12.1. The van der Waals surface area contributed by atoms with Crippen LogP contribution in [0.3, 0.4) is 0 Å². The lowest BCUT2D eigenvalue weighted by Crippen LogP contribution is -2.14. The highest BCUT2D eigenvalue weighted by molar-refractivity contribution is 9.10. The number of hydrogen-bond donors (Lipinski definition) is 1. The van der Waals surface area contributed by atoms with Crippen molar-refractivity contribution in [2.75, 3.05) is 5.32 Å². The topological polar surface area (TPSA) is 42.0 Å². The van der Waals surface area contributed by atoms with Gasteiger partial charge in [0.05, 0.1) is 12.1 Å². The molecule has 0 saturated carbocycles. The number of carbonyl (C=O) groups excluding carboxylic acids is 1. The summed E-state index contributed by atoms with van der Waals surface area (Å²) < 4.78 is 1.02. The van der Waals surface area contributed by atoms with Crippen LogP contribution in [0, 0.1) is 0 Å². The maximum Gasteiger partial charge on any atom is 0.230 e. The third kappa shape index (κ3) is 4.19. The van der Waals surface area contributed by atoms with E-state index in [2.05, 4.69) is 26.2 Å². The molecule has 1 heterocycles. The molecule has 0 unspecified atom stereocenters. The van der Waals surface area contributed by atoms with Crippen molar-refractivity contribution < 1.29 is 4.79 Å². The van der Waals surface area contributed by atoms with E-state index in [-0.39, 0.29) is 12.3 Å². The van der Waals surface area contributed by atoms with Crippen molar-refractivity contribution in [3.05, 3.63) is 69.0 Å². The largest absolute Gasteiger partial charge is 0.302 e. The molecule has 0 saturated heterocycles. The number of nitrogens with one attached hydrogen (secondary N) is 1. The Morgan fingerprint density at radius 1 is 1.17 bits per heavy atom. The highest BCUT2D eigenvalue weighted by Gasteiger charge is 2.10. The van der Waals surface area contributed by atoms with Crippen LogP contribution in [-0.2, 0) is 11.2 Å². The predicted octanol–water partition coefficient (Wildman–Crippen LogP) is 5.41. The molecule has 0 atom stereocenters. The van der Waals surface area contributed by atoms with Crippen molar-refractivity contribution in [1.29, 1.82) is 0 Å². The molecule has 23 heavy (non-hydrogen) atoms. The van der Waals surface area contributed by atoms with Crippen molar-refractivity contribution in [2.24, 2.45) is 0 Å². The zero-order valence-electron chi connectivity index (χ0n) is 11.9. The minimum atomic E-state index is -0.130. The zero-order valence-corrected chi connectivity index (χ0v) is 15.1. The third-order valence-corrected chi connectivity index (χ3v) is 4.85. The summed E-state index contributed by atoms with van der Waals surface area (Å²) in [4.78, 5) is 16.6. The van der Waals surface area contributed by atoms with Gasteiger partial charge >= 0.3 is 0 Å². The fraction of sp³-hybridized carbons (Fsp3) is 0.0588. The minimum absolute atomic E-state index is 0.130. The summed E-state index contributed by atoms with van der Waals surface area (Å²) in [7, 11) is 0. The highest BCUT2D eigenvalue weighted by atomic mass is 79.9. The Morgan fingerprint density at radius 2 is 1.91 bits per heavy atom. The van der Waals surface area contributed by atoms with Crippen LogP contribution in [0.4, 0.5) is 5.13 Å². The van der Waals surface area contributed by atoms with Gasteiger partial charge in [-0.05, 0) is 23.8 Å². The Balaban J connectivity index is 1.68. The lowest BCUT2D eigenvalue weighted by Gasteiger charge is -2.04. The van der Waals surface area contributed by atoms with E-state index in [9.17, 15) is 4.79 Å².